The molecule has 9 nitrogen and oxygen atoms in total. The molecule has 2 heterocycles. The Balaban J connectivity index is 1.78. The highest BCUT2D eigenvalue weighted by molar-refractivity contribution is 6.30. The van der Waals surface area contributed by atoms with Crippen molar-refractivity contribution in [1.82, 2.24) is 29.1 Å². The van der Waals surface area contributed by atoms with Gasteiger partial charge in [0.15, 0.2) is 35.5 Å². The van der Waals surface area contributed by atoms with Crippen molar-refractivity contribution in [2.75, 3.05) is 0 Å². The molecule has 1 N–H and O–H groups in total. The van der Waals surface area contributed by atoms with Gasteiger partial charge in [0.25, 0.3) is 0 Å². The fraction of sp³-hybridized carbons (Fsp3) is 0.304. The number of hydrogen-bond donors (Lipinski definition) is 1. The number of para-hydroxylation sites is 2. The number of rotatable bonds is 8. The quantitative estimate of drug-likeness (QED) is 0.293. The highest BCUT2D eigenvalue weighted by Gasteiger charge is 2.39. The van der Waals surface area contributed by atoms with Crippen molar-refractivity contribution < 1.29 is 40.6 Å². The van der Waals surface area contributed by atoms with Crippen molar-refractivity contribution in [3.63, 3.8) is 0 Å². The summed E-state index contributed by atoms with van der Waals surface area (Å²) < 4.78 is 98.4. The van der Waals surface area contributed by atoms with Crippen LogP contribution < -0.4 is 10.4 Å². The Hall–Kier alpha value is -3.92. The van der Waals surface area contributed by atoms with Crippen LogP contribution in [-0.2, 0) is 13.1 Å². The molecule has 0 spiro atoms. The van der Waals surface area contributed by atoms with E-state index in [0.717, 1.165) is 17.7 Å². The molecule has 0 aliphatic rings. The largest absolute Gasteiger partial charge is 0.573 e. The molecule has 2 atom stereocenters. The zero-order chi connectivity index (χ0) is 29.4. The summed E-state index contributed by atoms with van der Waals surface area (Å²) in [6.45, 7) is -0.754. The maximum Gasteiger partial charge on any atom is 0.573 e. The number of aromatic nitrogens is 6. The van der Waals surface area contributed by atoms with E-state index in [1.165, 1.54) is 42.5 Å². The molecule has 0 radical (unpaired) electrons. The number of nitrogens with zero attached hydrogens (tertiary/aromatic N) is 6. The van der Waals surface area contributed by atoms with Crippen LogP contribution in [0.2, 0.25) is 5.02 Å². The molecule has 0 bridgehead atoms. The minimum absolute atomic E-state index is 0.185. The van der Waals surface area contributed by atoms with Crippen LogP contribution in [0.5, 0.6) is 5.75 Å². The molecular weight excluding hydrogens is 577 g/mol. The van der Waals surface area contributed by atoms with Crippen LogP contribution in [0.25, 0.3) is 17.1 Å². The first-order valence-corrected chi connectivity index (χ1v) is 11.6. The van der Waals surface area contributed by atoms with E-state index < -0.39 is 55.2 Å². The second-order valence-electron chi connectivity index (χ2n) is 8.37. The highest BCUT2D eigenvalue weighted by atomic mass is 35.5. The molecule has 0 saturated heterocycles. The van der Waals surface area contributed by atoms with Crippen LogP contribution in [0, 0.1) is 0 Å². The Morgan fingerprint density at radius 1 is 1.02 bits per heavy atom. The van der Waals surface area contributed by atoms with Crippen molar-refractivity contribution in [1.29, 1.82) is 0 Å². The number of hydrogen-bond acceptors (Lipinski definition) is 6. The van der Waals surface area contributed by atoms with Crippen LogP contribution in [-0.4, -0.2) is 52.9 Å². The average molecular weight is 595 g/mol. The van der Waals surface area contributed by atoms with E-state index in [-0.39, 0.29) is 22.9 Å². The third-order valence-electron chi connectivity index (χ3n) is 5.40. The number of ether oxygens (including phenoxy) is 1. The second-order valence-corrected chi connectivity index (χ2v) is 8.80. The lowest BCUT2D eigenvalue weighted by Crippen LogP contribution is -2.37. The zero-order valence-electron chi connectivity index (χ0n) is 20.2. The van der Waals surface area contributed by atoms with Gasteiger partial charge in [-0.3, -0.25) is 4.57 Å². The fourth-order valence-electron chi connectivity index (χ4n) is 3.64. The molecule has 0 aliphatic carbocycles. The lowest BCUT2D eigenvalue weighted by atomic mass is 10.2. The second kappa shape index (κ2) is 10.9. The van der Waals surface area contributed by atoms with Crippen molar-refractivity contribution in [3.05, 3.63) is 75.7 Å². The third-order valence-corrected chi connectivity index (χ3v) is 5.65. The van der Waals surface area contributed by atoms with Gasteiger partial charge in [0.1, 0.15) is 12.2 Å². The molecule has 0 aliphatic heterocycles. The topological polar surface area (TPSA) is 100.0 Å². The van der Waals surface area contributed by atoms with Gasteiger partial charge in [0.05, 0.1) is 6.54 Å². The molecule has 0 saturated carbocycles. The predicted octanol–water partition coefficient (Wildman–Crippen LogP) is 4.85. The SMILES string of the molecule is CC(F)c1nc(Cn2nc(-c3ccc(Cl)cc3)n(C[C@H](O)C(F)(F)F)c2=O)nn1-c1ccccc1OC(F)(F)F. The van der Waals surface area contributed by atoms with Crippen LogP contribution in [0.15, 0.2) is 53.3 Å². The van der Waals surface area contributed by atoms with Crippen molar-refractivity contribution >= 4 is 11.6 Å². The monoisotopic (exact) mass is 594 g/mol. The van der Waals surface area contributed by atoms with Gasteiger partial charge in [0, 0.05) is 10.6 Å². The van der Waals surface area contributed by atoms with Gasteiger partial charge in [0.2, 0.25) is 0 Å². The summed E-state index contributed by atoms with van der Waals surface area (Å²) in [6.07, 6.45) is -14.9. The fourth-order valence-corrected chi connectivity index (χ4v) is 3.77. The minimum atomic E-state index is -5.07. The van der Waals surface area contributed by atoms with Crippen LogP contribution in [0.4, 0.5) is 30.7 Å². The first-order chi connectivity index (χ1) is 18.6. The molecular formula is C23H18ClF7N6O3. The van der Waals surface area contributed by atoms with Crippen LogP contribution in [0.1, 0.15) is 24.7 Å². The molecule has 4 aromatic rings. The summed E-state index contributed by atoms with van der Waals surface area (Å²) in [5.74, 6) is -1.70. The molecule has 0 fully saturated rings. The summed E-state index contributed by atoms with van der Waals surface area (Å²) in [7, 11) is 0. The van der Waals surface area contributed by atoms with Crippen LogP contribution in [0.3, 0.4) is 0 Å². The Morgan fingerprint density at radius 3 is 2.27 bits per heavy atom. The molecule has 40 heavy (non-hydrogen) atoms. The number of halogens is 8. The van der Waals surface area contributed by atoms with Crippen LogP contribution >= 0.6 is 11.6 Å². The summed E-state index contributed by atoms with van der Waals surface area (Å²) in [5.41, 5.74) is -1.23. The Labute approximate surface area is 225 Å². The number of benzene rings is 2. The molecule has 1 unspecified atom stereocenters. The summed E-state index contributed by atoms with van der Waals surface area (Å²) >= 11 is 5.86. The highest BCUT2D eigenvalue weighted by Crippen LogP contribution is 2.31. The standard InChI is InChI=1S/C23H18ClF7N6O3/c1-12(25)19-32-18(33-37(19)15-4-2-3-5-16(15)40-23(29,30)31)11-36-21(39)35(10-17(38)22(26,27)28)20(34-36)13-6-8-14(24)9-7-13/h2-9,12,17,38H,10-11H2,1H3/t12?,17-/m0/s1. The predicted molar refractivity (Wildman–Crippen MR) is 126 cm³/mol. The zero-order valence-corrected chi connectivity index (χ0v) is 20.9. The molecule has 214 valence electrons. The molecule has 2 aromatic carbocycles. The molecule has 0 amide bonds. The third kappa shape index (κ3) is 6.44. The van der Waals surface area contributed by atoms with Crippen molar-refractivity contribution in [3.8, 4) is 22.8 Å². The Kier molecular flexibility index (Phi) is 7.94. The van der Waals surface area contributed by atoms with Gasteiger partial charge in [-0.2, -0.15) is 13.2 Å². The molecule has 2 aromatic heterocycles. The van der Waals surface area contributed by atoms with Gasteiger partial charge in [-0.15, -0.1) is 23.4 Å². The van der Waals surface area contributed by atoms with Gasteiger partial charge in [-0.05, 0) is 43.3 Å². The number of aliphatic hydroxyl groups is 1. The molecule has 17 heteroatoms. The first kappa shape index (κ1) is 29.1. The first-order valence-electron chi connectivity index (χ1n) is 11.3. The lowest BCUT2D eigenvalue weighted by molar-refractivity contribution is -0.274. The average Bonchev–Trinajstić information content (AvgIpc) is 3.40. The van der Waals surface area contributed by atoms with Gasteiger partial charge >= 0.3 is 18.2 Å². The van der Waals surface area contributed by atoms with Gasteiger partial charge < -0.3 is 9.84 Å². The van der Waals surface area contributed by atoms with Crippen molar-refractivity contribution in [2.45, 2.75) is 44.8 Å². The van der Waals surface area contributed by atoms with E-state index in [2.05, 4.69) is 19.9 Å². The Morgan fingerprint density at radius 2 is 1.68 bits per heavy atom. The van der Waals surface area contributed by atoms with E-state index in [4.69, 9.17) is 11.6 Å². The minimum Gasteiger partial charge on any atom is -0.403 e. The van der Waals surface area contributed by atoms with E-state index in [0.29, 0.717) is 14.3 Å². The maximum absolute atomic E-state index is 14.4. The summed E-state index contributed by atoms with van der Waals surface area (Å²) in [6, 6.07) is 10.3. The van der Waals surface area contributed by atoms with Crippen molar-refractivity contribution in [2.24, 2.45) is 0 Å². The molecule has 4 rings (SSSR count). The van der Waals surface area contributed by atoms with E-state index >= 15 is 0 Å². The Bertz CT molecular complexity index is 1540. The number of alkyl halides is 7. The van der Waals surface area contributed by atoms with Gasteiger partial charge in [-0.1, -0.05) is 23.7 Å². The normalized spacial score (nSPS) is 13.8. The smallest absolute Gasteiger partial charge is 0.403 e. The van der Waals surface area contributed by atoms with E-state index in [1.807, 2.05) is 0 Å². The van der Waals surface area contributed by atoms with E-state index in [1.54, 1.807) is 0 Å². The maximum atomic E-state index is 14.4. The number of aliphatic hydroxyl groups excluding tert-OH is 1. The van der Waals surface area contributed by atoms with E-state index in [9.17, 15) is 40.6 Å². The summed E-state index contributed by atoms with van der Waals surface area (Å²) in [5, 5.41) is 18.0. The van der Waals surface area contributed by atoms with Gasteiger partial charge in [-0.25, -0.2) is 23.5 Å². The summed E-state index contributed by atoms with van der Waals surface area (Å²) in [4.78, 5) is 17.0. The lowest BCUT2D eigenvalue weighted by Gasteiger charge is -2.15.